The van der Waals surface area contributed by atoms with Gasteiger partial charge in [-0.15, -0.1) is 0 Å². The average Bonchev–Trinajstić information content (AvgIpc) is 2.38. The summed E-state index contributed by atoms with van der Waals surface area (Å²) in [5, 5.41) is 9.50. The Hall–Kier alpha value is -2.28. The number of hydrogen-bond acceptors (Lipinski definition) is 4. The van der Waals surface area contributed by atoms with Crippen molar-refractivity contribution in [2.45, 2.75) is 20.3 Å². The van der Waals surface area contributed by atoms with Crippen LogP contribution in [0.3, 0.4) is 0 Å². The summed E-state index contributed by atoms with van der Waals surface area (Å²) in [6.45, 7) is 4.80. The van der Waals surface area contributed by atoms with Crippen LogP contribution in [-0.4, -0.2) is 6.61 Å². The predicted octanol–water partition coefficient (Wildman–Crippen LogP) is 3.09. The van der Waals surface area contributed by atoms with E-state index in [0.717, 1.165) is 6.42 Å². The van der Waals surface area contributed by atoms with Crippen molar-refractivity contribution in [1.29, 1.82) is 5.26 Å². The molecule has 4 nitrogen and oxygen atoms in total. The second-order valence-electron chi connectivity index (χ2n) is 4.76. The van der Waals surface area contributed by atoms with Crippen LogP contribution in [0.4, 0.5) is 0 Å². The van der Waals surface area contributed by atoms with Crippen molar-refractivity contribution >= 4 is 11.0 Å². The van der Waals surface area contributed by atoms with E-state index in [2.05, 4.69) is 13.8 Å². The molecule has 0 bridgehead atoms. The Morgan fingerprint density at radius 1 is 1.42 bits per heavy atom. The van der Waals surface area contributed by atoms with E-state index in [4.69, 9.17) is 14.4 Å². The molecule has 1 heterocycles. The summed E-state index contributed by atoms with van der Waals surface area (Å²) >= 11 is 0. The van der Waals surface area contributed by atoms with Gasteiger partial charge in [-0.05, 0) is 24.5 Å². The molecule has 4 heteroatoms. The molecule has 19 heavy (non-hydrogen) atoms. The lowest BCUT2D eigenvalue weighted by Gasteiger charge is -2.09. The van der Waals surface area contributed by atoms with E-state index in [1.807, 2.05) is 12.1 Å². The van der Waals surface area contributed by atoms with Crippen LogP contribution in [0.1, 0.15) is 25.8 Å². The first-order valence-electron chi connectivity index (χ1n) is 6.21. The maximum Gasteiger partial charge on any atom is 0.354 e. The Kier molecular flexibility index (Phi) is 3.86. The fraction of sp³-hybridized carbons (Fsp3) is 0.333. The molecule has 1 aromatic carbocycles. The fourth-order valence-corrected chi connectivity index (χ4v) is 1.71. The van der Waals surface area contributed by atoms with Gasteiger partial charge in [0.15, 0.2) is 11.3 Å². The number of ether oxygens (including phenoxy) is 1. The molecule has 0 saturated heterocycles. The van der Waals surface area contributed by atoms with Crippen molar-refractivity contribution in [3.63, 3.8) is 0 Å². The molecule has 98 valence electrons. The highest BCUT2D eigenvalue weighted by Gasteiger charge is 2.09. The molecular weight excluding hydrogens is 242 g/mol. The largest absolute Gasteiger partial charge is 0.490 e. The SMILES string of the molecule is CC(C)CCOc1cccc2cc(C#N)c(=O)oc12. The van der Waals surface area contributed by atoms with E-state index in [1.54, 1.807) is 12.1 Å². The van der Waals surface area contributed by atoms with E-state index >= 15 is 0 Å². The summed E-state index contributed by atoms with van der Waals surface area (Å²) in [4.78, 5) is 11.6. The number of hydrogen-bond donors (Lipinski definition) is 0. The van der Waals surface area contributed by atoms with Crippen molar-refractivity contribution in [3.8, 4) is 11.8 Å². The van der Waals surface area contributed by atoms with Gasteiger partial charge in [0.2, 0.25) is 0 Å². The summed E-state index contributed by atoms with van der Waals surface area (Å²) in [5.41, 5.74) is -0.225. The van der Waals surface area contributed by atoms with Crippen LogP contribution >= 0.6 is 0 Å². The lowest BCUT2D eigenvalue weighted by atomic mass is 10.1. The van der Waals surface area contributed by atoms with Gasteiger partial charge < -0.3 is 9.15 Å². The first-order valence-corrected chi connectivity index (χ1v) is 6.21. The third-order valence-electron chi connectivity index (χ3n) is 2.80. The quantitative estimate of drug-likeness (QED) is 0.789. The number of nitriles is 1. The molecule has 2 rings (SSSR count). The van der Waals surface area contributed by atoms with Crippen molar-refractivity contribution in [2.24, 2.45) is 5.92 Å². The molecule has 0 aliphatic rings. The van der Waals surface area contributed by atoms with Gasteiger partial charge in [0.05, 0.1) is 6.61 Å². The standard InChI is InChI=1S/C15H15NO3/c1-10(2)6-7-18-13-5-3-4-11-8-12(9-16)15(17)19-14(11)13/h3-5,8,10H,6-7H2,1-2H3. The molecule has 0 saturated carbocycles. The van der Waals surface area contributed by atoms with Gasteiger partial charge in [-0.25, -0.2) is 4.79 Å². The normalized spacial score (nSPS) is 10.6. The zero-order valence-corrected chi connectivity index (χ0v) is 11.0. The highest BCUT2D eigenvalue weighted by atomic mass is 16.5. The monoisotopic (exact) mass is 257 g/mol. The summed E-state index contributed by atoms with van der Waals surface area (Å²) < 4.78 is 10.8. The van der Waals surface area contributed by atoms with Gasteiger partial charge in [0, 0.05) is 5.39 Å². The smallest absolute Gasteiger partial charge is 0.354 e. The lowest BCUT2D eigenvalue weighted by molar-refractivity contribution is 0.288. The average molecular weight is 257 g/mol. The van der Waals surface area contributed by atoms with Gasteiger partial charge in [-0.1, -0.05) is 26.0 Å². The maximum atomic E-state index is 11.6. The third kappa shape index (κ3) is 2.94. The van der Waals surface area contributed by atoms with E-state index in [1.165, 1.54) is 6.07 Å². The van der Waals surface area contributed by atoms with Crippen LogP contribution in [0, 0.1) is 17.2 Å². The lowest BCUT2D eigenvalue weighted by Crippen LogP contribution is -2.05. The zero-order valence-electron chi connectivity index (χ0n) is 11.0. The minimum absolute atomic E-state index is 0.00632. The Bertz CT molecular complexity index is 680. The highest BCUT2D eigenvalue weighted by Crippen LogP contribution is 2.25. The third-order valence-corrected chi connectivity index (χ3v) is 2.80. The molecular formula is C15H15NO3. The maximum absolute atomic E-state index is 11.6. The fourth-order valence-electron chi connectivity index (χ4n) is 1.71. The number of para-hydroxylation sites is 1. The van der Waals surface area contributed by atoms with Crippen molar-refractivity contribution < 1.29 is 9.15 Å². The van der Waals surface area contributed by atoms with E-state index in [0.29, 0.717) is 29.2 Å². The molecule has 0 atom stereocenters. The summed E-state index contributed by atoms with van der Waals surface area (Å²) in [7, 11) is 0. The van der Waals surface area contributed by atoms with E-state index < -0.39 is 5.63 Å². The number of rotatable bonds is 4. The number of fused-ring (bicyclic) bond motifs is 1. The number of nitrogens with zero attached hydrogens (tertiary/aromatic N) is 1. The molecule has 0 amide bonds. The minimum Gasteiger partial charge on any atom is -0.490 e. The number of benzene rings is 1. The van der Waals surface area contributed by atoms with Crippen LogP contribution in [0.2, 0.25) is 0 Å². The second kappa shape index (κ2) is 5.57. The molecule has 2 aromatic rings. The molecule has 0 spiro atoms. The Morgan fingerprint density at radius 3 is 2.89 bits per heavy atom. The van der Waals surface area contributed by atoms with Gasteiger partial charge in [-0.2, -0.15) is 5.26 Å². The van der Waals surface area contributed by atoms with Crippen LogP contribution in [0.15, 0.2) is 33.5 Å². The molecule has 0 N–H and O–H groups in total. The van der Waals surface area contributed by atoms with Gasteiger partial charge >= 0.3 is 5.63 Å². The van der Waals surface area contributed by atoms with Crippen molar-refractivity contribution in [2.75, 3.05) is 6.61 Å². The highest BCUT2D eigenvalue weighted by molar-refractivity contribution is 5.83. The van der Waals surface area contributed by atoms with Crippen LogP contribution in [0.5, 0.6) is 5.75 Å². The summed E-state index contributed by atoms with van der Waals surface area (Å²) in [6, 6.07) is 8.70. The van der Waals surface area contributed by atoms with Crippen LogP contribution < -0.4 is 10.4 Å². The Labute approximate surface area is 111 Å². The Morgan fingerprint density at radius 2 is 2.21 bits per heavy atom. The molecule has 0 aliphatic carbocycles. The predicted molar refractivity (Wildman–Crippen MR) is 72.1 cm³/mol. The van der Waals surface area contributed by atoms with Gasteiger partial charge in [-0.3, -0.25) is 0 Å². The zero-order chi connectivity index (χ0) is 13.8. The minimum atomic E-state index is -0.630. The van der Waals surface area contributed by atoms with Gasteiger partial charge in [0.1, 0.15) is 11.6 Å². The molecule has 0 fully saturated rings. The Balaban J connectivity index is 2.38. The van der Waals surface area contributed by atoms with Crippen molar-refractivity contribution in [1.82, 2.24) is 0 Å². The van der Waals surface area contributed by atoms with E-state index in [-0.39, 0.29) is 5.56 Å². The first-order chi connectivity index (χ1) is 9.11. The topological polar surface area (TPSA) is 63.2 Å². The van der Waals surface area contributed by atoms with Crippen LogP contribution in [-0.2, 0) is 0 Å². The molecule has 0 radical (unpaired) electrons. The van der Waals surface area contributed by atoms with Gasteiger partial charge in [0.25, 0.3) is 0 Å². The molecule has 0 unspecified atom stereocenters. The second-order valence-corrected chi connectivity index (χ2v) is 4.76. The summed E-state index contributed by atoms with van der Waals surface area (Å²) in [6.07, 6.45) is 0.927. The summed E-state index contributed by atoms with van der Waals surface area (Å²) in [5.74, 6) is 1.09. The first kappa shape index (κ1) is 13.2. The van der Waals surface area contributed by atoms with Crippen molar-refractivity contribution in [3.05, 3.63) is 40.2 Å². The molecule has 0 aliphatic heterocycles. The van der Waals surface area contributed by atoms with E-state index in [9.17, 15) is 4.79 Å². The van der Waals surface area contributed by atoms with Crippen LogP contribution in [0.25, 0.3) is 11.0 Å². The molecule has 1 aromatic heterocycles.